The lowest BCUT2D eigenvalue weighted by molar-refractivity contribution is -0.121. The van der Waals surface area contributed by atoms with Crippen LogP contribution in [0.25, 0.3) is 0 Å². The Hall–Kier alpha value is -1.66. The molecule has 22 heavy (non-hydrogen) atoms. The Balaban J connectivity index is 1.71. The maximum Gasteiger partial charge on any atom is 0.345 e. The van der Waals surface area contributed by atoms with Crippen LogP contribution in [-0.2, 0) is 17.8 Å². The smallest absolute Gasteiger partial charge is 0.345 e. The molecule has 2 aromatic rings. The Morgan fingerprint density at radius 3 is 2.59 bits per heavy atom. The van der Waals surface area contributed by atoms with E-state index in [9.17, 15) is 9.59 Å². The van der Waals surface area contributed by atoms with Crippen molar-refractivity contribution in [2.24, 2.45) is 0 Å². The van der Waals surface area contributed by atoms with Gasteiger partial charge in [-0.15, -0.1) is 22.7 Å². The van der Waals surface area contributed by atoms with E-state index in [-0.39, 0.29) is 5.91 Å². The molecule has 0 saturated heterocycles. The van der Waals surface area contributed by atoms with Crippen molar-refractivity contribution in [1.29, 1.82) is 0 Å². The van der Waals surface area contributed by atoms with Gasteiger partial charge in [0.2, 0.25) is 5.91 Å². The monoisotopic (exact) mass is 337 g/mol. The largest absolute Gasteiger partial charge is 0.477 e. The van der Waals surface area contributed by atoms with Gasteiger partial charge in [0.1, 0.15) is 4.88 Å². The Kier molecular flexibility index (Phi) is 5.74. The van der Waals surface area contributed by atoms with Gasteiger partial charge in [0.25, 0.3) is 0 Å². The summed E-state index contributed by atoms with van der Waals surface area (Å²) >= 11 is 2.99. The molecule has 0 aromatic carbocycles. The molecule has 2 heterocycles. The van der Waals surface area contributed by atoms with Crippen LogP contribution in [0, 0.1) is 13.8 Å². The third-order valence-electron chi connectivity index (χ3n) is 3.33. The third kappa shape index (κ3) is 4.68. The second-order valence-corrected chi connectivity index (χ2v) is 7.77. The molecule has 2 N–H and O–H groups in total. The van der Waals surface area contributed by atoms with Crippen LogP contribution in [0.4, 0.5) is 0 Å². The highest BCUT2D eigenvalue weighted by molar-refractivity contribution is 7.13. The fraction of sp³-hybridized carbons (Fsp3) is 0.375. The van der Waals surface area contributed by atoms with Crippen molar-refractivity contribution in [3.63, 3.8) is 0 Å². The van der Waals surface area contributed by atoms with Crippen molar-refractivity contribution in [2.75, 3.05) is 0 Å². The number of carbonyl (C=O) groups excluding carboxylic acids is 1. The van der Waals surface area contributed by atoms with E-state index in [1.165, 1.54) is 26.7 Å². The molecule has 0 bridgehead atoms. The predicted octanol–water partition coefficient (Wildman–Crippen LogP) is 3.76. The van der Waals surface area contributed by atoms with E-state index in [0.717, 1.165) is 17.7 Å². The van der Waals surface area contributed by atoms with Crippen molar-refractivity contribution in [3.8, 4) is 0 Å². The van der Waals surface area contributed by atoms with Crippen LogP contribution >= 0.6 is 22.7 Å². The van der Waals surface area contributed by atoms with Crippen LogP contribution in [0.3, 0.4) is 0 Å². The first-order valence-corrected chi connectivity index (χ1v) is 8.73. The number of nitrogens with one attached hydrogen (secondary N) is 1. The molecule has 6 heteroatoms. The lowest BCUT2D eigenvalue weighted by atomic mass is 10.1. The number of hydrogen-bond acceptors (Lipinski definition) is 4. The maximum absolute atomic E-state index is 11.8. The summed E-state index contributed by atoms with van der Waals surface area (Å²) in [5.41, 5.74) is 1.33. The Morgan fingerprint density at radius 1 is 1.23 bits per heavy atom. The normalized spacial score (nSPS) is 10.6. The average Bonchev–Trinajstić information content (AvgIpc) is 3.04. The zero-order chi connectivity index (χ0) is 16.1. The lowest BCUT2D eigenvalue weighted by Gasteiger charge is -2.04. The molecule has 0 aliphatic carbocycles. The van der Waals surface area contributed by atoms with Gasteiger partial charge in [-0.2, -0.15) is 0 Å². The molecule has 0 saturated carbocycles. The van der Waals surface area contributed by atoms with Gasteiger partial charge in [0.15, 0.2) is 0 Å². The van der Waals surface area contributed by atoms with Crippen LogP contribution in [0.15, 0.2) is 18.2 Å². The highest BCUT2D eigenvalue weighted by Crippen LogP contribution is 2.22. The molecule has 0 fully saturated rings. The summed E-state index contributed by atoms with van der Waals surface area (Å²) in [6.45, 7) is 4.61. The molecule has 1 amide bonds. The van der Waals surface area contributed by atoms with E-state index < -0.39 is 5.97 Å². The van der Waals surface area contributed by atoms with Crippen molar-refractivity contribution in [1.82, 2.24) is 5.32 Å². The maximum atomic E-state index is 11.8. The van der Waals surface area contributed by atoms with Gasteiger partial charge in [-0.05, 0) is 50.5 Å². The zero-order valence-electron chi connectivity index (χ0n) is 12.6. The molecule has 0 spiro atoms. The van der Waals surface area contributed by atoms with Gasteiger partial charge < -0.3 is 10.4 Å². The summed E-state index contributed by atoms with van der Waals surface area (Å²) in [7, 11) is 0. The minimum atomic E-state index is -0.927. The van der Waals surface area contributed by atoms with Crippen molar-refractivity contribution in [3.05, 3.63) is 43.3 Å². The number of hydrogen-bond donors (Lipinski definition) is 2. The highest BCUT2D eigenvalue weighted by atomic mass is 32.1. The van der Waals surface area contributed by atoms with Gasteiger partial charge in [-0.25, -0.2) is 4.79 Å². The van der Waals surface area contributed by atoms with Gasteiger partial charge in [-0.1, -0.05) is 0 Å². The van der Waals surface area contributed by atoms with E-state index >= 15 is 0 Å². The number of carboxylic acids is 1. The molecule has 4 nitrogen and oxygen atoms in total. The summed E-state index contributed by atoms with van der Waals surface area (Å²) in [5, 5.41) is 11.7. The first-order chi connectivity index (χ1) is 10.5. The Labute approximate surface area is 137 Å². The van der Waals surface area contributed by atoms with Crippen molar-refractivity contribution < 1.29 is 14.7 Å². The number of thiophene rings is 2. The van der Waals surface area contributed by atoms with Crippen LogP contribution in [0.5, 0.6) is 0 Å². The summed E-state index contributed by atoms with van der Waals surface area (Å²) in [4.78, 5) is 26.4. The number of carbonyl (C=O) groups is 2. The summed E-state index contributed by atoms with van der Waals surface area (Å²) in [6.07, 6.45) is 2.24. The van der Waals surface area contributed by atoms with Gasteiger partial charge >= 0.3 is 5.97 Å². The molecule has 0 aliphatic rings. The summed E-state index contributed by atoms with van der Waals surface area (Å²) in [5.74, 6) is -0.918. The fourth-order valence-corrected chi connectivity index (χ4v) is 4.00. The Bertz CT molecular complexity index is 673. The molecule has 2 aromatic heterocycles. The highest BCUT2D eigenvalue weighted by Gasteiger charge is 2.09. The molecule has 2 rings (SSSR count). The lowest BCUT2D eigenvalue weighted by Crippen LogP contribution is -2.21. The van der Waals surface area contributed by atoms with E-state index in [1.807, 2.05) is 0 Å². The SMILES string of the molecule is Cc1cc(CCCC(=O)NCc2ccc(C(=O)O)s2)c(C)s1. The molecule has 0 atom stereocenters. The molecule has 118 valence electrons. The number of aromatic carboxylic acids is 1. The second-order valence-electron chi connectivity index (χ2n) is 5.14. The molecule has 0 radical (unpaired) electrons. The number of aryl methyl sites for hydroxylation is 3. The summed E-state index contributed by atoms with van der Waals surface area (Å²) in [6, 6.07) is 5.50. The standard InChI is InChI=1S/C16H19NO3S2/c1-10-8-12(11(2)21-10)4-3-5-15(18)17-9-13-6-7-14(22-13)16(19)20/h6-8H,3-5,9H2,1-2H3,(H,17,18)(H,19,20). The quantitative estimate of drug-likeness (QED) is 0.808. The minimum absolute atomic E-state index is 0.00915. The predicted molar refractivity (Wildman–Crippen MR) is 89.9 cm³/mol. The van der Waals surface area contributed by atoms with Crippen LogP contribution in [0.2, 0.25) is 0 Å². The minimum Gasteiger partial charge on any atom is -0.477 e. The van der Waals surface area contributed by atoms with Crippen LogP contribution in [0.1, 0.15) is 42.7 Å². The first-order valence-electron chi connectivity index (χ1n) is 7.10. The van der Waals surface area contributed by atoms with Crippen LogP contribution in [-0.4, -0.2) is 17.0 Å². The number of rotatable bonds is 7. The average molecular weight is 337 g/mol. The number of carboxylic acid groups (broad SMARTS) is 1. The molecular formula is C16H19NO3S2. The topological polar surface area (TPSA) is 66.4 Å². The van der Waals surface area contributed by atoms with Crippen LogP contribution < -0.4 is 5.32 Å². The van der Waals surface area contributed by atoms with Crippen molar-refractivity contribution in [2.45, 2.75) is 39.7 Å². The Morgan fingerprint density at radius 2 is 2.00 bits per heavy atom. The first kappa shape index (κ1) is 16.7. The molecule has 0 unspecified atom stereocenters. The molecular weight excluding hydrogens is 318 g/mol. The van der Waals surface area contributed by atoms with Gasteiger partial charge in [0.05, 0.1) is 6.54 Å². The van der Waals surface area contributed by atoms with E-state index in [4.69, 9.17) is 5.11 Å². The van der Waals surface area contributed by atoms with E-state index in [2.05, 4.69) is 25.2 Å². The number of amides is 1. The summed E-state index contributed by atoms with van der Waals surface area (Å²) < 4.78 is 0. The van der Waals surface area contributed by atoms with E-state index in [1.54, 1.807) is 23.5 Å². The van der Waals surface area contributed by atoms with Gasteiger partial charge in [-0.3, -0.25) is 4.79 Å². The fourth-order valence-electron chi connectivity index (χ4n) is 2.23. The van der Waals surface area contributed by atoms with Gasteiger partial charge in [0, 0.05) is 21.1 Å². The zero-order valence-corrected chi connectivity index (χ0v) is 14.3. The van der Waals surface area contributed by atoms with E-state index in [0.29, 0.717) is 17.8 Å². The van der Waals surface area contributed by atoms with Crippen molar-refractivity contribution >= 4 is 34.6 Å². The second kappa shape index (κ2) is 7.56. The molecule has 0 aliphatic heterocycles. The third-order valence-corrected chi connectivity index (χ3v) is 5.41.